The van der Waals surface area contributed by atoms with Crippen molar-refractivity contribution in [2.45, 2.75) is 24.7 Å². The van der Waals surface area contributed by atoms with Gasteiger partial charge < -0.3 is 20.5 Å². The van der Waals surface area contributed by atoms with Crippen LogP contribution in [0.1, 0.15) is 16.8 Å². The number of amides is 1. The molecule has 0 saturated heterocycles. The second-order valence-electron chi connectivity index (χ2n) is 6.30. The summed E-state index contributed by atoms with van der Waals surface area (Å²) in [6.45, 7) is -0.0164. The van der Waals surface area contributed by atoms with Crippen LogP contribution < -0.4 is 15.8 Å². The van der Waals surface area contributed by atoms with Gasteiger partial charge in [0, 0.05) is 22.7 Å². The zero-order valence-corrected chi connectivity index (χ0v) is 15.7. The minimum atomic E-state index is -4.59. The number of hydrogen-bond donors (Lipinski definition) is 2. The number of carbonyl (C=O) groups excluding carboxylic acids is 1. The molecule has 1 amide bonds. The van der Waals surface area contributed by atoms with Gasteiger partial charge in [0.2, 0.25) is 0 Å². The van der Waals surface area contributed by atoms with Crippen LogP contribution in [-0.2, 0) is 4.74 Å². The maximum atomic E-state index is 13.3. The van der Waals surface area contributed by atoms with Crippen molar-refractivity contribution >= 4 is 29.2 Å². The van der Waals surface area contributed by atoms with Crippen molar-refractivity contribution in [3.8, 4) is 5.75 Å². The summed E-state index contributed by atoms with van der Waals surface area (Å²) in [6.07, 6.45) is -7.08. The van der Waals surface area contributed by atoms with E-state index >= 15 is 0 Å². The van der Waals surface area contributed by atoms with Crippen LogP contribution in [0.25, 0.3) is 0 Å². The largest absolute Gasteiger partial charge is 0.481 e. The number of alkyl halides is 3. The third-order valence-corrected chi connectivity index (χ3v) is 4.33. The molecule has 2 aromatic rings. The van der Waals surface area contributed by atoms with Gasteiger partial charge in [-0.3, -0.25) is 4.79 Å². The number of nitrogens with one attached hydrogen (secondary N) is 1. The zero-order chi connectivity index (χ0) is 21.0. The Bertz CT molecular complexity index is 886. The number of nitrogens with zero attached hydrogens (tertiary/aromatic N) is 1. The molecule has 3 rings (SSSR count). The lowest BCUT2D eigenvalue weighted by molar-refractivity contribution is -0.197. The number of carbonyl (C=O) groups is 1. The molecular weight excluding hydrogens is 411 g/mol. The standard InChI is InChI=1S/C19H17ClF3N3O3/c20-12-3-1-11(2-4-12)17(27)25-13-5-7-15(8-6-13)29-16(19(21,22)23)9-14-10-28-18(24)26-14/h1-8,14,16H,9-10H2,(H2,24,26)(H,25,27)/t14-,16?/m0/s1. The molecule has 0 aromatic heterocycles. The van der Waals surface area contributed by atoms with Crippen LogP contribution in [0, 0.1) is 0 Å². The summed E-state index contributed by atoms with van der Waals surface area (Å²) in [5, 5.41) is 3.14. The molecule has 3 N–H and O–H groups in total. The fourth-order valence-corrected chi connectivity index (χ4v) is 2.76. The molecule has 1 heterocycles. The van der Waals surface area contributed by atoms with Crippen molar-refractivity contribution in [2.75, 3.05) is 11.9 Å². The summed E-state index contributed by atoms with van der Waals surface area (Å²) < 4.78 is 49.9. The van der Waals surface area contributed by atoms with E-state index in [1.807, 2.05) is 0 Å². The van der Waals surface area contributed by atoms with Gasteiger partial charge >= 0.3 is 6.18 Å². The van der Waals surface area contributed by atoms with Crippen LogP contribution in [0.5, 0.6) is 5.75 Å². The molecule has 0 aliphatic carbocycles. The van der Waals surface area contributed by atoms with Crippen molar-refractivity contribution in [2.24, 2.45) is 10.7 Å². The number of ether oxygens (including phenoxy) is 2. The van der Waals surface area contributed by atoms with Gasteiger partial charge in [-0.15, -0.1) is 0 Å². The second-order valence-corrected chi connectivity index (χ2v) is 6.74. The maximum absolute atomic E-state index is 13.3. The van der Waals surface area contributed by atoms with Crippen molar-refractivity contribution in [3.05, 3.63) is 59.1 Å². The monoisotopic (exact) mass is 427 g/mol. The molecule has 0 fully saturated rings. The van der Waals surface area contributed by atoms with E-state index in [1.54, 1.807) is 24.3 Å². The summed E-state index contributed by atoms with van der Waals surface area (Å²) in [5.74, 6) is -0.368. The van der Waals surface area contributed by atoms with E-state index in [0.29, 0.717) is 16.3 Å². The number of anilines is 1. The Hall–Kier alpha value is -2.94. The minimum Gasteiger partial charge on any atom is -0.481 e. The summed E-state index contributed by atoms with van der Waals surface area (Å²) in [5.41, 5.74) is 6.13. The number of aliphatic imine (C=N–C) groups is 1. The molecule has 2 aromatic carbocycles. The van der Waals surface area contributed by atoms with Gasteiger partial charge in [0.05, 0.1) is 6.04 Å². The molecule has 0 saturated carbocycles. The van der Waals surface area contributed by atoms with Gasteiger partial charge in [-0.2, -0.15) is 13.2 Å². The quantitative estimate of drug-likeness (QED) is 0.729. The molecule has 154 valence electrons. The van der Waals surface area contributed by atoms with Crippen LogP contribution in [0.2, 0.25) is 5.02 Å². The Morgan fingerprint density at radius 1 is 1.24 bits per heavy atom. The van der Waals surface area contributed by atoms with Gasteiger partial charge in [0.1, 0.15) is 12.4 Å². The lowest BCUT2D eigenvalue weighted by Gasteiger charge is -2.23. The SMILES string of the molecule is NC1=N[C@@H](CC(Oc2ccc(NC(=O)c3ccc(Cl)cc3)cc2)C(F)(F)F)CO1. The number of benzene rings is 2. The van der Waals surface area contributed by atoms with Crippen LogP contribution in [0.15, 0.2) is 53.5 Å². The van der Waals surface area contributed by atoms with Crippen molar-refractivity contribution < 1.29 is 27.4 Å². The predicted octanol–water partition coefficient (Wildman–Crippen LogP) is 4.01. The van der Waals surface area contributed by atoms with Gasteiger partial charge in [-0.1, -0.05) is 11.6 Å². The fourth-order valence-electron chi connectivity index (χ4n) is 2.64. The lowest BCUT2D eigenvalue weighted by Crippen LogP contribution is -2.37. The van der Waals surface area contributed by atoms with E-state index in [9.17, 15) is 18.0 Å². The third-order valence-electron chi connectivity index (χ3n) is 4.08. The highest BCUT2D eigenvalue weighted by Gasteiger charge is 2.43. The van der Waals surface area contributed by atoms with Crippen molar-refractivity contribution in [1.29, 1.82) is 0 Å². The highest BCUT2D eigenvalue weighted by Crippen LogP contribution is 2.30. The second kappa shape index (κ2) is 8.60. The third kappa shape index (κ3) is 5.77. The smallest absolute Gasteiger partial charge is 0.425 e. The molecular formula is C19H17ClF3N3O3. The first-order valence-corrected chi connectivity index (χ1v) is 8.95. The number of amidine groups is 1. The number of hydrogen-bond acceptors (Lipinski definition) is 5. The molecule has 2 atom stereocenters. The Morgan fingerprint density at radius 2 is 1.90 bits per heavy atom. The molecule has 1 aliphatic heterocycles. The van der Waals surface area contributed by atoms with E-state index in [0.717, 1.165) is 0 Å². The lowest BCUT2D eigenvalue weighted by atomic mass is 10.1. The number of rotatable bonds is 6. The van der Waals surface area contributed by atoms with Gasteiger partial charge in [0.25, 0.3) is 11.9 Å². The first-order valence-electron chi connectivity index (χ1n) is 8.57. The summed E-state index contributed by atoms with van der Waals surface area (Å²) in [7, 11) is 0. The average molecular weight is 428 g/mol. The van der Waals surface area contributed by atoms with Crippen molar-refractivity contribution in [3.63, 3.8) is 0 Å². The normalized spacial score (nSPS) is 17.2. The Labute approximate surface area is 169 Å². The van der Waals surface area contributed by atoms with E-state index < -0.39 is 24.7 Å². The number of halogens is 4. The molecule has 10 heteroatoms. The minimum absolute atomic E-state index is 0.00711. The highest BCUT2D eigenvalue weighted by molar-refractivity contribution is 6.30. The first kappa shape index (κ1) is 20.8. The van der Waals surface area contributed by atoms with E-state index in [-0.39, 0.29) is 24.3 Å². The summed E-state index contributed by atoms with van der Waals surface area (Å²) in [4.78, 5) is 16.0. The molecule has 29 heavy (non-hydrogen) atoms. The topological polar surface area (TPSA) is 85.9 Å². The van der Waals surface area contributed by atoms with E-state index in [1.165, 1.54) is 24.3 Å². The first-order chi connectivity index (χ1) is 13.7. The molecule has 0 spiro atoms. The molecule has 1 aliphatic rings. The van der Waals surface area contributed by atoms with Gasteiger partial charge in [-0.25, -0.2) is 4.99 Å². The van der Waals surface area contributed by atoms with Gasteiger partial charge in [-0.05, 0) is 48.5 Å². The fraction of sp³-hybridized carbons (Fsp3) is 0.263. The molecule has 6 nitrogen and oxygen atoms in total. The van der Waals surface area contributed by atoms with E-state index in [2.05, 4.69) is 10.3 Å². The summed E-state index contributed by atoms with van der Waals surface area (Å²) >= 11 is 5.78. The highest BCUT2D eigenvalue weighted by atomic mass is 35.5. The zero-order valence-electron chi connectivity index (χ0n) is 14.9. The van der Waals surface area contributed by atoms with Crippen LogP contribution in [0.3, 0.4) is 0 Å². The van der Waals surface area contributed by atoms with Crippen LogP contribution in [0.4, 0.5) is 18.9 Å². The number of nitrogens with two attached hydrogens (primary N) is 1. The Kier molecular flexibility index (Phi) is 6.17. The Balaban J connectivity index is 1.63. The molecule has 1 unspecified atom stereocenters. The van der Waals surface area contributed by atoms with E-state index in [4.69, 9.17) is 26.8 Å². The van der Waals surface area contributed by atoms with Gasteiger partial charge in [0.15, 0.2) is 6.10 Å². The molecule has 0 bridgehead atoms. The van der Waals surface area contributed by atoms with Crippen LogP contribution >= 0.6 is 11.6 Å². The average Bonchev–Trinajstić information content (AvgIpc) is 3.07. The molecule has 0 radical (unpaired) electrons. The van der Waals surface area contributed by atoms with Crippen molar-refractivity contribution in [1.82, 2.24) is 0 Å². The maximum Gasteiger partial charge on any atom is 0.425 e. The predicted molar refractivity (Wildman–Crippen MR) is 102 cm³/mol. The van der Waals surface area contributed by atoms with Crippen LogP contribution in [-0.4, -0.2) is 36.9 Å². The Morgan fingerprint density at radius 3 is 2.45 bits per heavy atom. The summed E-state index contributed by atoms with van der Waals surface area (Å²) in [6, 6.07) is 11.0.